The van der Waals surface area contributed by atoms with Crippen molar-refractivity contribution in [3.63, 3.8) is 0 Å². The van der Waals surface area contributed by atoms with Gasteiger partial charge < -0.3 is 10.2 Å². The summed E-state index contributed by atoms with van der Waals surface area (Å²) in [7, 11) is 0. The van der Waals surface area contributed by atoms with E-state index >= 15 is 0 Å². The molecule has 3 aromatic rings. The van der Waals surface area contributed by atoms with Crippen LogP contribution in [0.15, 0.2) is 72.9 Å². The second-order valence-corrected chi connectivity index (χ2v) is 6.48. The predicted molar refractivity (Wildman–Crippen MR) is 105 cm³/mol. The van der Waals surface area contributed by atoms with Crippen LogP contribution in [-0.4, -0.2) is 22.2 Å². The van der Waals surface area contributed by atoms with Gasteiger partial charge in [-0.2, -0.15) is 5.10 Å². The lowest BCUT2D eigenvalue weighted by atomic mass is 10.2. The van der Waals surface area contributed by atoms with E-state index in [1.54, 1.807) is 6.20 Å². The highest BCUT2D eigenvalue weighted by Crippen LogP contribution is 2.18. The van der Waals surface area contributed by atoms with Crippen LogP contribution in [0.25, 0.3) is 0 Å². The van der Waals surface area contributed by atoms with Crippen LogP contribution < -0.4 is 10.2 Å². The van der Waals surface area contributed by atoms with E-state index in [4.69, 9.17) is 0 Å². The maximum absolute atomic E-state index is 12.7. The van der Waals surface area contributed by atoms with Crippen molar-refractivity contribution in [1.82, 2.24) is 9.78 Å². The van der Waals surface area contributed by atoms with Crippen molar-refractivity contribution in [2.75, 3.05) is 16.8 Å². The molecule has 3 rings (SSSR count). The molecule has 5 nitrogen and oxygen atoms in total. The number of nitrogens with one attached hydrogen (secondary N) is 1. The van der Waals surface area contributed by atoms with Gasteiger partial charge in [0.1, 0.15) is 5.82 Å². The molecule has 1 heterocycles. The number of benzene rings is 2. The molecule has 1 amide bonds. The zero-order valence-corrected chi connectivity index (χ0v) is 15.2. The van der Waals surface area contributed by atoms with Crippen molar-refractivity contribution in [2.45, 2.75) is 26.4 Å². The molecule has 2 aromatic carbocycles. The predicted octanol–water partition coefficient (Wildman–Crippen LogP) is 4.11. The average Bonchev–Trinajstić information content (AvgIpc) is 3.11. The first kappa shape index (κ1) is 17.7. The Labute approximate surface area is 154 Å². The second kappa shape index (κ2) is 8.34. The molecule has 0 aliphatic heterocycles. The first-order valence-corrected chi connectivity index (χ1v) is 8.81. The highest BCUT2D eigenvalue weighted by Gasteiger charge is 2.14. The summed E-state index contributed by atoms with van der Waals surface area (Å²) in [6.45, 7) is 5.01. The Bertz CT molecular complexity index is 827. The Hall–Kier alpha value is -3.08. The molecule has 5 heteroatoms. The Morgan fingerprint density at radius 2 is 1.69 bits per heavy atom. The zero-order valence-electron chi connectivity index (χ0n) is 15.2. The molecule has 0 bridgehead atoms. The van der Waals surface area contributed by atoms with Crippen LogP contribution >= 0.6 is 0 Å². The molecule has 0 spiro atoms. The van der Waals surface area contributed by atoms with E-state index in [0.29, 0.717) is 6.54 Å². The quantitative estimate of drug-likeness (QED) is 0.699. The number of carbonyl (C=O) groups is 1. The molecule has 26 heavy (non-hydrogen) atoms. The maximum Gasteiger partial charge on any atom is 0.245 e. The smallest absolute Gasteiger partial charge is 0.245 e. The van der Waals surface area contributed by atoms with Gasteiger partial charge in [-0.25, -0.2) is 4.68 Å². The maximum atomic E-state index is 12.7. The number of para-hydroxylation sites is 1. The third kappa shape index (κ3) is 4.51. The van der Waals surface area contributed by atoms with E-state index in [-0.39, 0.29) is 18.5 Å². The molecule has 134 valence electrons. The SMILES string of the molecule is CC(C)n1nccc1NC(=O)CN(Cc1ccccc1)c1ccccc1. The van der Waals surface area contributed by atoms with Crippen molar-refractivity contribution >= 4 is 17.4 Å². The molecule has 0 radical (unpaired) electrons. The fourth-order valence-corrected chi connectivity index (χ4v) is 2.86. The molecule has 1 aromatic heterocycles. The van der Waals surface area contributed by atoms with E-state index in [1.165, 1.54) is 0 Å². The van der Waals surface area contributed by atoms with E-state index in [9.17, 15) is 4.79 Å². The molecule has 0 aliphatic carbocycles. The highest BCUT2D eigenvalue weighted by molar-refractivity contribution is 5.93. The number of amides is 1. The summed E-state index contributed by atoms with van der Waals surface area (Å²) >= 11 is 0. The topological polar surface area (TPSA) is 50.2 Å². The first-order chi connectivity index (χ1) is 12.6. The van der Waals surface area contributed by atoms with Gasteiger partial charge in [-0.3, -0.25) is 4.79 Å². The molecule has 0 saturated heterocycles. The molecule has 0 aliphatic rings. The molecule has 1 N–H and O–H groups in total. The lowest BCUT2D eigenvalue weighted by molar-refractivity contribution is -0.115. The van der Waals surface area contributed by atoms with Gasteiger partial charge in [-0.15, -0.1) is 0 Å². The Morgan fingerprint density at radius 3 is 2.35 bits per heavy atom. The summed E-state index contributed by atoms with van der Waals surface area (Å²) in [5, 5.41) is 7.24. The van der Waals surface area contributed by atoms with Gasteiger partial charge >= 0.3 is 0 Å². The summed E-state index contributed by atoms with van der Waals surface area (Å²) in [6.07, 6.45) is 1.70. The lowest BCUT2D eigenvalue weighted by Gasteiger charge is -2.24. The Morgan fingerprint density at radius 1 is 1.04 bits per heavy atom. The number of hydrogen-bond donors (Lipinski definition) is 1. The van der Waals surface area contributed by atoms with Crippen LogP contribution in [-0.2, 0) is 11.3 Å². The van der Waals surface area contributed by atoms with E-state index < -0.39 is 0 Å². The zero-order chi connectivity index (χ0) is 18.4. The van der Waals surface area contributed by atoms with E-state index in [1.807, 2.05) is 73.1 Å². The molecule has 0 unspecified atom stereocenters. The summed E-state index contributed by atoms with van der Waals surface area (Å²) < 4.78 is 1.81. The number of anilines is 2. The van der Waals surface area contributed by atoms with Crippen LogP contribution in [0.1, 0.15) is 25.5 Å². The van der Waals surface area contributed by atoms with E-state index in [2.05, 4.69) is 27.4 Å². The minimum Gasteiger partial charge on any atom is -0.358 e. The molecule has 0 atom stereocenters. The number of hydrogen-bond acceptors (Lipinski definition) is 3. The third-order valence-corrected chi connectivity index (χ3v) is 4.10. The number of nitrogens with zero attached hydrogens (tertiary/aromatic N) is 3. The number of rotatable bonds is 7. The van der Waals surface area contributed by atoms with Crippen LogP contribution in [0, 0.1) is 0 Å². The molecule has 0 saturated carbocycles. The molecular weight excluding hydrogens is 324 g/mol. The van der Waals surface area contributed by atoms with Gasteiger partial charge in [0.05, 0.1) is 12.7 Å². The third-order valence-electron chi connectivity index (χ3n) is 4.10. The van der Waals surface area contributed by atoms with Gasteiger partial charge in [0.15, 0.2) is 0 Å². The monoisotopic (exact) mass is 348 g/mol. The van der Waals surface area contributed by atoms with Crippen molar-refractivity contribution in [3.05, 3.63) is 78.5 Å². The van der Waals surface area contributed by atoms with Crippen molar-refractivity contribution in [1.29, 1.82) is 0 Å². The van der Waals surface area contributed by atoms with Gasteiger partial charge in [-0.05, 0) is 31.5 Å². The van der Waals surface area contributed by atoms with Crippen LogP contribution in [0.4, 0.5) is 11.5 Å². The summed E-state index contributed by atoms with van der Waals surface area (Å²) in [4.78, 5) is 14.7. The Kier molecular flexibility index (Phi) is 5.69. The normalized spacial score (nSPS) is 10.7. The Balaban J connectivity index is 1.74. The molecule has 0 fully saturated rings. The summed E-state index contributed by atoms with van der Waals surface area (Å²) in [5.74, 6) is 0.657. The summed E-state index contributed by atoms with van der Waals surface area (Å²) in [5.41, 5.74) is 2.18. The van der Waals surface area contributed by atoms with Gasteiger partial charge in [-0.1, -0.05) is 48.5 Å². The van der Waals surface area contributed by atoms with Gasteiger partial charge in [0.2, 0.25) is 5.91 Å². The van der Waals surface area contributed by atoms with Gasteiger partial charge in [0.25, 0.3) is 0 Å². The van der Waals surface area contributed by atoms with Crippen LogP contribution in [0.2, 0.25) is 0 Å². The molecular formula is C21H24N4O. The minimum absolute atomic E-state index is 0.0628. The second-order valence-electron chi connectivity index (χ2n) is 6.48. The standard InChI is InChI=1S/C21H24N4O/c1-17(2)25-20(13-14-22-25)23-21(26)16-24(19-11-7-4-8-12-19)15-18-9-5-3-6-10-18/h3-14,17H,15-16H2,1-2H3,(H,23,26). The summed E-state index contributed by atoms with van der Waals surface area (Å²) in [6, 6.07) is 22.2. The fraction of sp³-hybridized carbons (Fsp3) is 0.238. The number of aromatic nitrogens is 2. The number of carbonyl (C=O) groups excluding carboxylic acids is 1. The van der Waals surface area contributed by atoms with Crippen LogP contribution in [0.5, 0.6) is 0 Å². The largest absolute Gasteiger partial charge is 0.358 e. The highest BCUT2D eigenvalue weighted by atomic mass is 16.2. The average molecular weight is 348 g/mol. The fourth-order valence-electron chi connectivity index (χ4n) is 2.86. The van der Waals surface area contributed by atoms with Crippen LogP contribution in [0.3, 0.4) is 0 Å². The minimum atomic E-state index is -0.0628. The van der Waals surface area contributed by atoms with Crippen molar-refractivity contribution < 1.29 is 4.79 Å². The van der Waals surface area contributed by atoms with Crippen molar-refractivity contribution in [2.24, 2.45) is 0 Å². The first-order valence-electron chi connectivity index (χ1n) is 8.81. The van der Waals surface area contributed by atoms with Gasteiger partial charge in [0, 0.05) is 24.3 Å². The lowest BCUT2D eigenvalue weighted by Crippen LogP contribution is -2.33. The van der Waals surface area contributed by atoms with Crippen molar-refractivity contribution in [3.8, 4) is 0 Å². The van der Waals surface area contributed by atoms with E-state index in [0.717, 1.165) is 17.1 Å².